The number of benzene rings is 1. The lowest BCUT2D eigenvalue weighted by atomic mass is 9.89. The molecular weight excluding hydrogens is 250 g/mol. The van der Waals surface area contributed by atoms with Crippen molar-refractivity contribution in [2.24, 2.45) is 10.4 Å². The van der Waals surface area contributed by atoms with Gasteiger partial charge in [-0.2, -0.15) is 0 Å². The van der Waals surface area contributed by atoms with E-state index in [0.29, 0.717) is 0 Å². The third-order valence-corrected chi connectivity index (χ3v) is 3.52. The Balaban J connectivity index is 1.96. The highest BCUT2D eigenvalue weighted by atomic mass is 16.5. The highest BCUT2D eigenvalue weighted by molar-refractivity contribution is 5.80. The summed E-state index contributed by atoms with van der Waals surface area (Å²) >= 11 is 0. The topological polar surface area (TPSA) is 45.7 Å². The zero-order chi connectivity index (χ0) is 14.4. The van der Waals surface area contributed by atoms with Gasteiger partial charge in [-0.3, -0.25) is 4.99 Å². The fraction of sp³-hybridized carbons (Fsp3) is 0.562. The molecule has 110 valence electrons. The molecule has 4 heteroatoms. The molecule has 2 N–H and O–H groups in total. The van der Waals surface area contributed by atoms with Crippen molar-refractivity contribution in [2.75, 3.05) is 26.3 Å². The fourth-order valence-corrected chi connectivity index (χ4v) is 2.16. The van der Waals surface area contributed by atoms with Gasteiger partial charge in [0.15, 0.2) is 5.96 Å². The second kappa shape index (κ2) is 6.75. The first kappa shape index (κ1) is 14.9. The van der Waals surface area contributed by atoms with Gasteiger partial charge in [0.25, 0.3) is 0 Å². The van der Waals surface area contributed by atoms with Gasteiger partial charge < -0.3 is 15.4 Å². The van der Waals surface area contributed by atoms with Crippen LogP contribution >= 0.6 is 0 Å². The van der Waals surface area contributed by atoms with Crippen LogP contribution in [0.4, 0.5) is 0 Å². The summed E-state index contributed by atoms with van der Waals surface area (Å²) in [6.45, 7) is 9.72. The molecule has 20 heavy (non-hydrogen) atoms. The lowest BCUT2D eigenvalue weighted by molar-refractivity contribution is -0.0945. The van der Waals surface area contributed by atoms with Gasteiger partial charge in [-0.1, -0.05) is 37.3 Å². The SMILES string of the molecule is CCNC(=NCC1(C)COC1)NC(C)c1ccccc1. The summed E-state index contributed by atoms with van der Waals surface area (Å²) in [7, 11) is 0. The van der Waals surface area contributed by atoms with Crippen LogP contribution in [0.2, 0.25) is 0 Å². The number of rotatable bonds is 5. The van der Waals surface area contributed by atoms with Crippen LogP contribution < -0.4 is 10.6 Å². The average Bonchev–Trinajstić information content (AvgIpc) is 2.44. The van der Waals surface area contributed by atoms with Gasteiger partial charge in [0.05, 0.1) is 25.8 Å². The molecule has 1 aliphatic heterocycles. The predicted molar refractivity (Wildman–Crippen MR) is 82.9 cm³/mol. The van der Waals surface area contributed by atoms with E-state index in [1.807, 2.05) is 6.07 Å². The number of hydrogen-bond acceptors (Lipinski definition) is 2. The van der Waals surface area contributed by atoms with Gasteiger partial charge in [-0.15, -0.1) is 0 Å². The Morgan fingerprint density at radius 1 is 1.35 bits per heavy atom. The Hall–Kier alpha value is -1.55. The maximum atomic E-state index is 5.27. The van der Waals surface area contributed by atoms with Crippen LogP contribution in [0.15, 0.2) is 35.3 Å². The Kier molecular flexibility index (Phi) is 5.01. The van der Waals surface area contributed by atoms with Gasteiger partial charge in [-0.05, 0) is 19.4 Å². The molecule has 0 spiro atoms. The summed E-state index contributed by atoms with van der Waals surface area (Å²) < 4.78 is 5.27. The van der Waals surface area contributed by atoms with Crippen molar-refractivity contribution in [1.29, 1.82) is 0 Å². The Morgan fingerprint density at radius 3 is 2.60 bits per heavy atom. The monoisotopic (exact) mass is 275 g/mol. The molecule has 0 amide bonds. The summed E-state index contributed by atoms with van der Waals surface area (Å²) in [6, 6.07) is 10.6. The van der Waals surface area contributed by atoms with Crippen LogP contribution in [0.1, 0.15) is 32.4 Å². The average molecular weight is 275 g/mol. The molecule has 0 saturated carbocycles. The van der Waals surface area contributed by atoms with E-state index < -0.39 is 0 Å². The van der Waals surface area contributed by atoms with Crippen molar-refractivity contribution >= 4 is 5.96 Å². The predicted octanol–water partition coefficient (Wildman–Crippen LogP) is 2.34. The zero-order valence-corrected chi connectivity index (χ0v) is 12.6. The largest absolute Gasteiger partial charge is 0.380 e. The van der Waals surface area contributed by atoms with E-state index >= 15 is 0 Å². The first-order chi connectivity index (χ1) is 9.63. The second-order valence-electron chi connectivity index (χ2n) is 5.78. The molecule has 0 bridgehead atoms. The Labute approximate surface area is 121 Å². The van der Waals surface area contributed by atoms with Crippen LogP contribution in [0.3, 0.4) is 0 Å². The van der Waals surface area contributed by atoms with Crippen molar-refractivity contribution in [3.05, 3.63) is 35.9 Å². The third kappa shape index (κ3) is 3.97. The normalized spacial score (nSPS) is 19.1. The van der Waals surface area contributed by atoms with Gasteiger partial charge in [0.2, 0.25) is 0 Å². The molecule has 0 aliphatic carbocycles. The second-order valence-corrected chi connectivity index (χ2v) is 5.78. The first-order valence-corrected chi connectivity index (χ1v) is 7.30. The van der Waals surface area contributed by atoms with E-state index in [0.717, 1.165) is 32.3 Å². The summed E-state index contributed by atoms with van der Waals surface area (Å²) in [4.78, 5) is 4.69. The van der Waals surface area contributed by atoms with Crippen LogP contribution in [-0.4, -0.2) is 32.3 Å². The highest BCUT2D eigenvalue weighted by Gasteiger charge is 2.33. The molecule has 1 atom stereocenters. The minimum atomic E-state index is 0.207. The number of aliphatic imine (C=N–C) groups is 1. The van der Waals surface area contributed by atoms with Crippen molar-refractivity contribution in [1.82, 2.24) is 10.6 Å². The lowest BCUT2D eigenvalue weighted by Crippen LogP contribution is -2.44. The molecule has 4 nitrogen and oxygen atoms in total. The molecule has 0 radical (unpaired) electrons. The standard InChI is InChI=1S/C16H25N3O/c1-4-17-15(18-10-16(3)11-20-12-16)19-13(2)14-8-6-5-7-9-14/h5-9,13H,4,10-12H2,1-3H3,(H2,17,18,19). The van der Waals surface area contributed by atoms with Gasteiger partial charge in [0.1, 0.15) is 0 Å². The molecule has 1 fully saturated rings. The van der Waals surface area contributed by atoms with E-state index in [4.69, 9.17) is 4.74 Å². The molecule has 1 heterocycles. The van der Waals surface area contributed by atoms with E-state index in [-0.39, 0.29) is 11.5 Å². The summed E-state index contributed by atoms with van der Waals surface area (Å²) in [5.74, 6) is 0.872. The van der Waals surface area contributed by atoms with Crippen molar-refractivity contribution in [3.63, 3.8) is 0 Å². The molecule has 0 aromatic heterocycles. The number of nitrogens with zero attached hydrogens (tertiary/aromatic N) is 1. The molecule has 1 aromatic carbocycles. The van der Waals surface area contributed by atoms with E-state index in [1.165, 1.54) is 5.56 Å². The maximum Gasteiger partial charge on any atom is 0.191 e. The van der Waals surface area contributed by atoms with Crippen LogP contribution in [0.5, 0.6) is 0 Å². The minimum Gasteiger partial charge on any atom is -0.380 e. The van der Waals surface area contributed by atoms with Crippen molar-refractivity contribution in [2.45, 2.75) is 26.8 Å². The molecular formula is C16H25N3O. The van der Waals surface area contributed by atoms with E-state index in [9.17, 15) is 0 Å². The first-order valence-electron chi connectivity index (χ1n) is 7.30. The minimum absolute atomic E-state index is 0.207. The Bertz CT molecular complexity index is 440. The van der Waals surface area contributed by atoms with Crippen LogP contribution in [0.25, 0.3) is 0 Å². The summed E-state index contributed by atoms with van der Waals surface area (Å²) in [5.41, 5.74) is 1.47. The summed E-state index contributed by atoms with van der Waals surface area (Å²) in [6.07, 6.45) is 0. The van der Waals surface area contributed by atoms with E-state index in [1.54, 1.807) is 0 Å². The number of hydrogen-bond donors (Lipinski definition) is 2. The van der Waals surface area contributed by atoms with Gasteiger partial charge >= 0.3 is 0 Å². The van der Waals surface area contributed by atoms with Crippen molar-refractivity contribution < 1.29 is 4.74 Å². The summed E-state index contributed by atoms with van der Waals surface area (Å²) in [5, 5.41) is 6.76. The zero-order valence-electron chi connectivity index (χ0n) is 12.6. The lowest BCUT2D eigenvalue weighted by Gasteiger charge is -2.36. The van der Waals surface area contributed by atoms with Crippen molar-refractivity contribution in [3.8, 4) is 0 Å². The van der Waals surface area contributed by atoms with Gasteiger partial charge in [0, 0.05) is 12.0 Å². The van der Waals surface area contributed by atoms with Crippen LogP contribution in [-0.2, 0) is 4.74 Å². The quantitative estimate of drug-likeness (QED) is 0.640. The fourth-order valence-electron chi connectivity index (χ4n) is 2.16. The molecule has 1 unspecified atom stereocenters. The molecule has 1 saturated heterocycles. The number of ether oxygens (including phenoxy) is 1. The number of guanidine groups is 1. The number of nitrogens with one attached hydrogen (secondary N) is 2. The highest BCUT2D eigenvalue weighted by Crippen LogP contribution is 2.26. The van der Waals surface area contributed by atoms with E-state index in [2.05, 4.69) is 60.7 Å². The van der Waals surface area contributed by atoms with Crippen LogP contribution in [0, 0.1) is 5.41 Å². The molecule has 2 rings (SSSR count). The third-order valence-electron chi connectivity index (χ3n) is 3.52. The Morgan fingerprint density at radius 2 is 2.05 bits per heavy atom. The van der Waals surface area contributed by atoms with Gasteiger partial charge in [-0.25, -0.2) is 0 Å². The molecule has 1 aliphatic rings. The smallest absolute Gasteiger partial charge is 0.191 e. The molecule has 1 aromatic rings. The maximum absolute atomic E-state index is 5.27.